The lowest BCUT2D eigenvalue weighted by Crippen LogP contribution is -2.40. The molecule has 0 aliphatic heterocycles. The molecule has 1 atom stereocenters. The quantitative estimate of drug-likeness (QED) is 0.736. The number of hydrogen-bond acceptors (Lipinski definition) is 5. The van der Waals surface area contributed by atoms with Crippen molar-refractivity contribution in [2.75, 3.05) is 16.8 Å². The van der Waals surface area contributed by atoms with Crippen LogP contribution in [0.3, 0.4) is 0 Å². The third kappa shape index (κ3) is 4.89. The maximum atomic E-state index is 13.2. The Labute approximate surface area is 152 Å². The summed E-state index contributed by atoms with van der Waals surface area (Å²) in [6.45, 7) is 7.39. The summed E-state index contributed by atoms with van der Waals surface area (Å²) in [7, 11) is 0. The average Bonchev–Trinajstić information content (AvgIpc) is 2.57. The monoisotopic (exact) mass is 361 g/mol. The molecule has 0 fully saturated rings. The molecule has 0 aliphatic carbocycles. The topological polar surface area (TPSA) is 90.4 Å². The SMILES string of the molecule is CCNC(=O)N(c1ccc(F)cc1)c1ccnc(N[C@@H](C)C(C)(C)O)n1. The van der Waals surface area contributed by atoms with Crippen LogP contribution in [0.5, 0.6) is 0 Å². The van der Waals surface area contributed by atoms with Crippen molar-refractivity contribution in [3.05, 3.63) is 42.3 Å². The molecular formula is C18H24FN5O2. The van der Waals surface area contributed by atoms with E-state index in [1.165, 1.54) is 35.4 Å². The van der Waals surface area contributed by atoms with E-state index in [4.69, 9.17) is 0 Å². The molecule has 0 saturated heterocycles. The number of anilines is 3. The second-order valence-electron chi connectivity index (χ2n) is 6.41. The number of carbonyl (C=O) groups is 1. The van der Waals surface area contributed by atoms with Crippen molar-refractivity contribution >= 4 is 23.5 Å². The van der Waals surface area contributed by atoms with Gasteiger partial charge in [0.15, 0.2) is 0 Å². The highest BCUT2D eigenvalue weighted by atomic mass is 19.1. The zero-order valence-corrected chi connectivity index (χ0v) is 15.3. The molecule has 0 unspecified atom stereocenters. The van der Waals surface area contributed by atoms with Crippen LogP contribution < -0.4 is 15.5 Å². The molecule has 2 rings (SSSR count). The van der Waals surface area contributed by atoms with Crippen LogP contribution in [0, 0.1) is 5.82 Å². The summed E-state index contributed by atoms with van der Waals surface area (Å²) in [5, 5.41) is 15.8. The minimum Gasteiger partial charge on any atom is -0.388 e. The van der Waals surface area contributed by atoms with Gasteiger partial charge in [-0.25, -0.2) is 19.1 Å². The van der Waals surface area contributed by atoms with E-state index in [0.29, 0.717) is 18.1 Å². The van der Waals surface area contributed by atoms with Crippen LogP contribution in [0.1, 0.15) is 27.7 Å². The second-order valence-corrected chi connectivity index (χ2v) is 6.41. The Kier molecular flexibility index (Phi) is 6.10. The summed E-state index contributed by atoms with van der Waals surface area (Å²) in [4.78, 5) is 22.4. The van der Waals surface area contributed by atoms with E-state index in [9.17, 15) is 14.3 Å². The molecule has 0 saturated carbocycles. The fourth-order valence-corrected chi connectivity index (χ4v) is 2.09. The van der Waals surface area contributed by atoms with Gasteiger partial charge < -0.3 is 15.7 Å². The van der Waals surface area contributed by atoms with Gasteiger partial charge in [0.05, 0.1) is 17.3 Å². The van der Waals surface area contributed by atoms with E-state index >= 15 is 0 Å². The zero-order valence-electron chi connectivity index (χ0n) is 15.3. The lowest BCUT2D eigenvalue weighted by molar-refractivity contribution is 0.0646. The number of nitrogens with one attached hydrogen (secondary N) is 2. The number of halogens is 1. The zero-order chi connectivity index (χ0) is 19.3. The third-order valence-corrected chi connectivity index (χ3v) is 3.89. The predicted molar refractivity (Wildman–Crippen MR) is 99.0 cm³/mol. The fourth-order valence-electron chi connectivity index (χ4n) is 2.09. The Balaban J connectivity index is 2.37. The van der Waals surface area contributed by atoms with Gasteiger partial charge in [-0.1, -0.05) is 0 Å². The van der Waals surface area contributed by atoms with Crippen molar-refractivity contribution in [1.29, 1.82) is 0 Å². The molecule has 8 heteroatoms. The van der Waals surface area contributed by atoms with E-state index in [1.807, 2.05) is 0 Å². The standard InChI is InChI=1S/C18H24FN5O2/c1-5-20-17(25)24(14-8-6-13(19)7-9-14)15-10-11-21-16(23-15)22-12(2)18(3,4)26/h6-12,26H,5H2,1-4H3,(H,20,25)(H,21,22,23)/t12-/m0/s1. The number of hydrogen-bond donors (Lipinski definition) is 3. The maximum absolute atomic E-state index is 13.2. The Bertz CT molecular complexity index is 746. The van der Waals surface area contributed by atoms with Crippen molar-refractivity contribution in [3.63, 3.8) is 0 Å². The second kappa shape index (κ2) is 8.09. The molecule has 0 bridgehead atoms. The number of urea groups is 1. The molecule has 26 heavy (non-hydrogen) atoms. The van der Waals surface area contributed by atoms with Crippen molar-refractivity contribution in [3.8, 4) is 0 Å². The highest BCUT2D eigenvalue weighted by Crippen LogP contribution is 2.25. The minimum atomic E-state index is -0.977. The summed E-state index contributed by atoms with van der Waals surface area (Å²) in [6.07, 6.45) is 1.51. The fraction of sp³-hybridized carbons (Fsp3) is 0.389. The summed E-state index contributed by atoms with van der Waals surface area (Å²) in [5.74, 6) is 0.199. The molecular weight excluding hydrogens is 337 g/mol. The normalized spacial score (nSPS) is 12.4. The summed E-state index contributed by atoms with van der Waals surface area (Å²) < 4.78 is 13.2. The molecule has 2 aromatic rings. The van der Waals surface area contributed by atoms with Crippen LogP contribution in [0.25, 0.3) is 0 Å². The Morgan fingerprint density at radius 1 is 1.31 bits per heavy atom. The molecule has 140 valence electrons. The molecule has 3 N–H and O–H groups in total. The van der Waals surface area contributed by atoms with Gasteiger partial charge in [-0.05, 0) is 52.0 Å². The Morgan fingerprint density at radius 3 is 2.54 bits per heavy atom. The van der Waals surface area contributed by atoms with Gasteiger partial charge >= 0.3 is 6.03 Å². The smallest absolute Gasteiger partial charge is 0.327 e. The highest BCUT2D eigenvalue weighted by molar-refractivity contribution is 5.98. The lowest BCUT2D eigenvalue weighted by Gasteiger charge is -2.27. The molecule has 0 radical (unpaired) electrons. The largest absolute Gasteiger partial charge is 0.388 e. The predicted octanol–water partition coefficient (Wildman–Crippen LogP) is 3.05. The number of benzene rings is 1. The van der Waals surface area contributed by atoms with Crippen LogP contribution >= 0.6 is 0 Å². The molecule has 1 aromatic carbocycles. The van der Waals surface area contributed by atoms with Gasteiger partial charge in [0.2, 0.25) is 5.95 Å². The van der Waals surface area contributed by atoms with E-state index in [2.05, 4.69) is 20.6 Å². The molecule has 1 aromatic heterocycles. The first-order valence-electron chi connectivity index (χ1n) is 8.38. The lowest BCUT2D eigenvalue weighted by atomic mass is 10.0. The number of amides is 2. The van der Waals surface area contributed by atoms with Crippen molar-refractivity contribution < 1.29 is 14.3 Å². The van der Waals surface area contributed by atoms with Crippen LogP contribution in [0.15, 0.2) is 36.5 Å². The van der Waals surface area contributed by atoms with Gasteiger partial charge in [-0.15, -0.1) is 0 Å². The van der Waals surface area contributed by atoms with Crippen molar-refractivity contribution in [2.45, 2.75) is 39.3 Å². The van der Waals surface area contributed by atoms with Crippen LogP contribution in [-0.4, -0.2) is 39.3 Å². The van der Waals surface area contributed by atoms with Crippen molar-refractivity contribution in [2.24, 2.45) is 0 Å². The number of aliphatic hydroxyl groups is 1. The number of aromatic nitrogens is 2. The molecule has 1 heterocycles. The molecule has 0 aliphatic rings. The van der Waals surface area contributed by atoms with E-state index in [1.54, 1.807) is 33.8 Å². The number of nitrogens with zero attached hydrogens (tertiary/aromatic N) is 3. The first-order valence-corrected chi connectivity index (χ1v) is 8.38. The molecule has 7 nitrogen and oxygen atoms in total. The first kappa shape index (κ1) is 19.6. The third-order valence-electron chi connectivity index (χ3n) is 3.89. The van der Waals surface area contributed by atoms with Crippen LogP contribution in [0.2, 0.25) is 0 Å². The molecule has 2 amide bonds. The highest BCUT2D eigenvalue weighted by Gasteiger charge is 2.24. The van der Waals surface area contributed by atoms with Crippen LogP contribution in [0.4, 0.5) is 26.6 Å². The van der Waals surface area contributed by atoms with E-state index in [-0.39, 0.29) is 18.0 Å². The van der Waals surface area contributed by atoms with Gasteiger partial charge in [0.25, 0.3) is 0 Å². The summed E-state index contributed by atoms with van der Waals surface area (Å²) in [5.41, 5.74) is -0.507. The Morgan fingerprint density at radius 2 is 1.96 bits per heavy atom. The first-order chi connectivity index (χ1) is 12.2. The number of carbonyl (C=O) groups excluding carboxylic acids is 1. The van der Waals surface area contributed by atoms with Gasteiger partial charge in [0.1, 0.15) is 11.6 Å². The van der Waals surface area contributed by atoms with Gasteiger partial charge in [0, 0.05) is 18.8 Å². The van der Waals surface area contributed by atoms with Crippen molar-refractivity contribution in [1.82, 2.24) is 15.3 Å². The molecule has 0 spiro atoms. The van der Waals surface area contributed by atoms with E-state index < -0.39 is 11.4 Å². The van der Waals surface area contributed by atoms with Gasteiger partial charge in [-0.3, -0.25) is 0 Å². The van der Waals surface area contributed by atoms with E-state index in [0.717, 1.165) is 0 Å². The summed E-state index contributed by atoms with van der Waals surface area (Å²) >= 11 is 0. The Hall–Kier alpha value is -2.74. The van der Waals surface area contributed by atoms with Crippen LogP contribution in [-0.2, 0) is 0 Å². The minimum absolute atomic E-state index is 0.272. The summed E-state index contributed by atoms with van der Waals surface area (Å²) in [6, 6.07) is 6.42. The van der Waals surface area contributed by atoms with Gasteiger partial charge in [-0.2, -0.15) is 4.98 Å². The average molecular weight is 361 g/mol. The maximum Gasteiger partial charge on any atom is 0.327 e. The number of rotatable bonds is 6.